The van der Waals surface area contributed by atoms with Crippen LogP contribution in [0, 0.1) is 0 Å². The molecule has 0 bridgehead atoms. The molecule has 1 N–H and O–H groups in total. The zero-order chi connectivity index (χ0) is 17.8. The Bertz CT molecular complexity index is 732. The molecule has 24 heavy (non-hydrogen) atoms. The van der Waals surface area contributed by atoms with E-state index in [4.69, 9.17) is 9.26 Å². The molecule has 6 heteroatoms. The lowest BCUT2D eigenvalue weighted by Gasteiger charge is -2.19. The molecule has 2 aromatic carbocycles. The first-order valence-electron chi connectivity index (χ1n) is 7.53. The van der Waals surface area contributed by atoms with Crippen LogP contribution in [0.5, 0.6) is 11.5 Å². The number of ether oxygens (including phenoxy) is 1. The van der Waals surface area contributed by atoms with Crippen molar-refractivity contribution in [2.45, 2.75) is 26.2 Å². The van der Waals surface area contributed by atoms with Crippen molar-refractivity contribution in [3.05, 3.63) is 60.2 Å². The van der Waals surface area contributed by atoms with E-state index in [0.29, 0.717) is 11.5 Å². The molecule has 0 saturated heterocycles. The Morgan fingerprint density at radius 3 is 2.04 bits per heavy atom. The lowest BCUT2D eigenvalue weighted by atomic mass is 9.87. The number of carbonyl (C=O) groups is 1. The Morgan fingerprint density at radius 1 is 0.958 bits per heavy atom. The molecule has 5 nitrogen and oxygen atoms in total. The van der Waals surface area contributed by atoms with E-state index >= 15 is 0 Å². The monoisotopic (exact) mass is 349 g/mol. The minimum absolute atomic E-state index is 0.00694. The van der Waals surface area contributed by atoms with Gasteiger partial charge in [0, 0.05) is 0 Å². The number of hydrogen-bond donors (Lipinski definition) is 0. The van der Waals surface area contributed by atoms with Crippen molar-refractivity contribution in [1.29, 1.82) is 0 Å². The van der Waals surface area contributed by atoms with Crippen LogP contribution in [0.15, 0.2) is 54.6 Å². The van der Waals surface area contributed by atoms with Crippen LogP contribution in [0.4, 0.5) is 4.79 Å². The maximum absolute atomic E-state index is 12.6. The molecule has 0 aromatic heterocycles. The van der Waals surface area contributed by atoms with Crippen molar-refractivity contribution < 1.29 is 23.1 Å². The third-order valence-electron chi connectivity index (χ3n) is 3.39. The van der Waals surface area contributed by atoms with Crippen LogP contribution < -0.4 is 9.26 Å². The number of para-hydroxylation sites is 1. The smallest absolute Gasteiger partial charge is 0.413 e. The number of carbonyl (C=O) groups excluding carboxylic acids is 1. The third-order valence-corrected chi connectivity index (χ3v) is 4.93. The highest BCUT2D eigenvalue weighted by atomic mass is 31.2. The first-order chi connectivity index (χ1) is 11.2. The van der Waals surface area contributed by atoms with E-state index in [1.54, 1.807) is 42.5 Å². The second kappa shape index (κ2) is 7.20. The fraction of sp³-hybridized carbons (Fsp3) is 0.278. The summed E-state index contributed by atoms with van der Waals surface area (Å²) in [5.74, 6) is 0.597. The first-order valence-corrected chi connectivity index (χ1v) is 9.11. The minimum atomic E-state index is -3.96. The van der Waals surface area contributed by atoms with E-state index in [2.05, 4.69) is 25.3 Å². The van der Waals surface area contributed by atoms with Crippen LogP contribution in [0.2, 0.25) is 0 Å². The molecule has 128 valence electrons. The van der Waals surface area contributed by atoms with Gasteiger partial charge in [-0.3, -0.25) is 0 Å². The molecule has 0 heterocycles. The second-order valence-electron chi connectivity index (χ2n) is 6.27. The zero-order valence-corrected chi connectivity index (χ0v) is 15.1. The number of hydrogen-bond acceptors (Lipinski definition) is 4. The second-order valence-corrected chi connectivity index (χ2v) is 8.26. The molecule has 0 aliphatic carbocycles. The predicted molar refractivity (Wildman–Crippen MR) is 94.0 cm³/mol. The van der Waals surface area contributed by atoms with Gasteiger partial charge >= 0.3 is 13.3 Å². The van der Waals surface area contributed by atoms with Gasteiger partial charge in [-0.05, 0) is 35.2 Å². The summed E-state index contributed by atoms with van der Waals surface area (Å²) in [4.78, 5) is 12.2. The lowest BCUT2D eigenvalue weighted by molar-refractivity contribution is 0.161. The molecule has 0 saturated carbocycles. The van der Waals surface area contributed by atoms with Gasteiger partial charge in [0.2, 0.25) is 0 Å². The molecular formula is C18H22O5P+. The maximum atomic E-state index is 12.6. The van der Waals surface area contributed by atoms with Crippen molar-refractivity contribution >= 4 is 13.3 Å². The van der Waals surface area contributed by atoms with Crippen molar-refractivity contribution in [2.24, 2.45) is 0 Å². The Balaban J connectivity index is 2.13. The van der Waals surface area contributed by atoms with Crippen LogP contribution in [-0.4, -0.2) is 17.3 Å². The van der Waals surface area contributed by atoms with E-state index < -0.39 is 13.3 Å². The number of rotatable bonds is 5. The summed E-state index contributed by atoms with van der Waals surface area (Å²) in [6.07, 6.45) is 0. The largest absolute Gasteiger partial charge is 0.638 e. The number of benzene rings is 2. The van der Waals surface area contributed by atoms with Crippen molar-refractivity contribution in [2.75, 3.05) is 7.11 Å². The molecule has 2 rings (SSSR count). The summed E-state index contributed by atoms with van der Waals surface area (Å²) >= 11 is 0. The highest BCUT2D eigenvalue weighted by molar-refractivity contribution is 7.71. The zero-order valence-electron chi connectivity index (χ0n) is 14.2. The quantitative estimate of drug-likeness (QED) is 0.568. The van der Waals surface area contributed by atoms with Crippen LogP contribution in [0.1, 0.15) is 26.3 Å². The molecule has 0 spiro atoms. The summed E-state index contributed by atoms with van der Waals surface area (Å²) in [5, 5.41) is 0. The standard InChI is InChI=1S/C18H21O5P/c1-18(2,3)14-10-12-15(13-11-14)22-17(19)24(20,21-4)23-16-8-6-5-7-9-16/h5-13H,1-4H3/p+1. The van der Waals surface area contributed by atoms with Crippen molar-refractivity contribution in [1.82, 2.24) is 0 Å². The van der Waals surface area contributed by atoms with Gasteiger partial charge in [-0.25, -0.2) is 4.79 Å². The molecular weight excluding hydrogens is 327 g/mol. The van der Waals surface area contributed by atoms with Crippen LogP contribution >= 0.6 is 7.60 Å². The van der Waals surface area contributed by atoms with Gasteiger partial charge in [-0.1, -0.05) is 51.1 Å². The highest BCUT2D eigenvalue weighted by Crippen LogP contribution is 2.47. The molecule has 0 amide bonds. The average molecular weight is 349 g/mol. The van der Waals surface area contributed by atoms with Crippen molar-refractivity contribution in [3.63, 3.8) is 0 Å². The van der Waals surface area contributed by atoms with E-state index in [1.165, 1.54) is 7.11 Å². The highest BCUT2D eigenvalue weighted by Gasteiger charge is 2.45. The van der Waals surface area contributed by atoms with Gasteiger partial charge in [-0.15, -0.1) is 0 Å². The van der Waals surface area contributed by atoms with E-state index in [0.717, 1.165) is 5.56 Å². The van der Waals surface area contributed by atoms with Gasteiger partial charge in [-0.2, -0.15) is 4.57 Å². The topological polar surface area (TPSA) is 65.4 Å². The fourth-order valence-electron chi connectivity index (χ4n) is 1.97. The van der Waals surface area contributed by atoms with Crippen LogP contribution in [0.3, 0.4) is 0 Å². The Kier molecular flexibility index (Phi) is 5.47. The van der Waals surface area contributed by atoms with Gasteiger partial charge in [0.15, 0.2) is 0 Å². The summed E-state index contributed by atoms with van der Waals surface area (Å²) in [7, 11) is -2.69. The van der Waals surface area contributed by atoms with Gasteiger partial charge in [0.05, 0.1) is 0 Å². The summed E-state index contributed by atoms with van der Waals surface area (Å²) in [6.45, 7) is 6.27. The molecule has 2 aromatic rings. The van der Waals surface area contributed by atoms with E-state index in [1.807, 2.05) is 12.1 Å². The van der Waals surface area contributed by atoms with Gasteiger partial charge in [0.25, 0.3) is 0 Å². The van der Waals surface area contributed by atoms with E-state index in [-0.39, 0.29) is 5.41 Å². The summed E-state index contributed by atoms with van der Waals surface area (Å²) < 4.78 is 26.7. The maximum Gasteiger partial charge on any atom is 0.638 e. The molecule has 0 aliphatic rings. The summed E-state index contributed by atoms with van der Waals surface area (Å²) in [6, 6.07) is 15.5. The Labute approximate surface area is 142 Å². The average Bonchev–Trinajstić information content (AvgIpc) is 2.55. The third kappa shape index (κ3) is 4.47. The van der Waals surface area contributed by atoms with Gasteiger partial charge in [0.1, 0.15) is 18.6 Å². The van der Waals surface area contributed by atoms with Gasteiger partial charge < -0.3 is 13.8 Å². The van der Waals surface area contributed by atoms with Crippen LogP contribution in [-0.2, 0) is 9.98 Å². The lowest BCUT2D eigenvalue weighted by Crippen LogP contribution is -2.15. The van der Waals surface area contributed by atoms with Crippen molar-refractivity contribution in [3.8, 4) is 11.5 Å². The Morgan fingerprint density at radius 2 is 1.54 bits per heavy atom. The fourth-order valence-corrected chi connectivity index (χ4v) is 2.91. The first kappa shape index (κ1) is 18.2. The normalized spacial score (nSPS) is 13.8. The predicted octanol–water partition coefficient (Wildman–Crippen LogP) is 4.91. The molecule has 0 aliphatic heterocycles. The SMILES string of the molecule is C[OH+]P(=O)(Oc1ccccc1)C(=O)Oc1ccc(C(C)(C)C)cc1. The number of aliphatic hydroxyl groups is 1. The van der Waals surface area contributed by atoms with E-state index in [9.17, 15) is 9.36 Å². The molecule has 0 fully saturated rings. The molecule has 1 atom stereocenters. The molecule has 1 unspecified atom stereocenters. The molecule has 0 radical (unpaired) electrons. The Hall–Kier alpha value is -2.10. The minimum Gasteiger partial charge on any atom is -0.413 e. The van der Waals surface area contributed by atoms with Crippen LogP contribution in [0.25, 0.3) is 0 Å². The summed E-state index contributed by atoms with van der Waals surface area (Å²) in [5.41, 5.74) is 0.0936.